The normalized spacial score (nSPS) is 15.1. The Morgan fingerprint density at radius 2 is 1.80 bits per heavy atom. The van der Waals surface area contributed by atoms with Crippen LogP contribution in [0.25, 0.3) is 10.2 Å². The van der Waals surface area contributed by atoms with Gasteiger partial charge in [-0.3, -0.25) is 4.79 Å². The van der Waals surface area contributed by atoms with Crippen LogP contribution in [0, 0.1) is 6.92 Å². The van der Waals surface area contributed by atoms with Crippen LogP contribution in [0.4, 0.5) is 11.6 Å². The van der Waals surface area contributed by atoms with Gasteiger partial charge in [-0.05, 0) is 19.9 Å². The lowest BCUT2D eigenvalue weighted by molar-refractivity contribution is 0.629. The first kappa shape index (κ1) is 16.0. The van der Waals surface area contributed by atoms with E-state index in [-0.39, 0.29) is 5.56 Å². The van der Waals surface area contributed by atoms with Gasteiger partial charge >= 0.3 is 0 Å². The maximum atomic E-state index is 12.5. The molecule has 0 atom stereocenters. The average Bonchev–Trinajstić information content (AvgIpc) is 3.02. The SMILES string of the molecule is CCn1ccnc(N2CCN(c3ncnc4sc(C)cc34)CC2)c1=O. The van der Waals surface area contributed by atoms with Crippen LogP contribution >= 0.6 is 11.3 Å². The Kier molecular flexibility index (Phi) is 4.12. The number of hydrogen-bond donors (Lipinski definition) is 0. The summed E-state index contributed by atoms with van der Waals surface area (Å²) in [5.41, 5.74) is -0.0173. The highest BCUT2D eigenvalue weighted by molar-refractivity contribution is 7.18. The summed E-state index contributed by atoms with van der Waals surface area (Å²) in [5, 5.41) is 1.12. The number of aryl methyl sites for hydroxylation is 2. The lowest BCUT2D eigenvalue weighted by atomic mass is 10.2. The van der Waals surface area contributed by atoms with Crippen LogP contribution < -0.4 is 15.4 Å². The second-order valence-corrected chi connectivity index (χ2v) is 7.32. The van der Waals surface area contributed by atoms with Gasteiger partial charge in [-0.2, -0.15) is 0 Å². The average molecular weight is 356 g/mol. The summed E-state index contributed by atoms with van der Waals surface area (Å²) < 4.78 is 1.69. The summed E-state index contributed by atoms with van der Waals surface area (Å²) >= 11 is 1.69. The Hall–Kier alpha value is -2.48. The molecule has 25 heavy (non-hydrogen) atoms. The zero-order valence-electron chi connectivity index (χ0n) is 14.3. The Bertz CT molecular complexity index is 957. The number of fused-ring (bicyclic) bond motifs is 1. The van der Waals surface area contributed by atoms with E-state index in [1.807, 2.05) is 6.92 Å². The van der Waals surface area contributed by atoms with Crippen molar-refractivity contribution in [1.82, 2.24) is 19.5 Å². The smallest absolute Gasteiger partial charge is 0.293 e. The van der Waals surface area contributed by atoms with Gasteiger partial charge in [-0.1, -0.05) is 0 Å². The van der Waals surface area contributed by atoms with Gasteiger partial charge in [0.1, 0.15) is 17.0 Å². The van der Waals surface area contributed by atoms with Crippen LogP contribution in [0.2, 0.25) is 0 Å². The van der Waals surface area contributed by atoms with Gasteiger partial charge in [0.2, 0.25) is 0 Å². The monoisotopic (exact) mass is 356 g/mol. The maximum Gasteiger partial charge on any atom is 0.293 e. The number of piperazine rings is 1. The molecule has 1 aliphatic heterocycles. The van der Waals surface area contributed by atoms with Gasteiger partial charge in [0.15, 0.2) is 5.82 Å². The molecule has 0 saturated carbocycles. The van der Waals surface area contributed by atoms with Crippen molar-refractivity contribution in [3.8, 4) is 0 Å². The zero-order valence-corrected chi connectivity index (χ0v) is 15.2. The highest BCUT2D eigenvalue weighted by atomic mass is 32.1. The first-order valence-electron chi connectivity index (χ1n) is 8.44. The molecular formula is C17H20N6OS. The van der Waals surface area contributed by atoms with Gasteiger partial charge in [0.25, 0.3) is 5.56 Å². The molecule has 1 saturated heterocycles. The number of thiophene rings is 1. The molecule has 1 aliphatic rings. The first-order valence-corrected chi connectivity index (χ1v) is 9.25. The van der Waals surface area contributed by atoms with E-state index >= 15 is 0 Å². The molecule has 0 aromatic carbocycles. The third kappa shape index (κ3) is 2.86. The van der Waals surface area contributed by atoms with Crippen molar-refractivity contribution in [2.24, 2.45) is 0 Å². The van der Waals surface area contributed by atoms with Crippen molar-refractivity contribution in [2.75, 3.05) is 36.0 Å². The molecular weight excluding hydrogens is 336 g/mol. The molecule has 0 radical (unpaired) electrons. The van der Waals surface area contributed by atoms with Crippen LogP contribution in [-0.4, -0.2) is 45.7 Å². The number of anilines is 2. The number of aromatic nitrogens is 4. The van der Waals surface area contributed by atoms with E-state index in [0.717, 1.165) is 42.2 Å². The van der Waals surface area contributed by atoms with Crippen molar-refractivity contribution in [3.05, 3.63) is 40.0 Å². The predicted octanol–water partition coefficient (Wildman–Crippen LogP) is 1.90. The molecule has 4 rings (SSSR count). The third-order valence-electron chi connectivity index (χ3n) is 4.55. The van der Waals surface area contributed by atoms with Crippen molar-refractivity contribution < 1.29 is 0 Å². The molecule has 3 aromatic heterocycles. The van der Waals surface area contributed by atoms with Gasteiger partial charge in [-0.15, -0.1) is 11.3 Å². The fourth-order valence-corrected chi connectivity index (χ4v) is 4.09. The van der Waals surface area contributed by atoms with Crippen molar-refractivity contribution >= 4 is 33.2 Å². The Labute approximate surface area is 149 Å². The first-order chi connectivity index (χ1) is 12.2. The van der Waals surface area contributed by atoms with Gasteiger partial charge in [0, 0.05) is 50.0 Å². The van der Waals surface area contributed by atoms with Crippen LogP contribution in [0.15, 0.2) is 29.6 Å². The highest BCUT2D eigenvalue weighted by Crippen LogP contribution is 2.30. The molecule has 130 valence electrons. The molecule has 3 aromatic rings. The number of nitrogens with zero attached hydrogens (tertiary/aromatic N) is 6. The van der Waals surface area contributed by atoms with Crippen LogP contribution in [0.1, 0.15) is 11.8 Å². The fraction of sp³-hybridized carbons (Fsp3) is 0.412. The molecule has 0 N–H and O–H groups in total. The Morgan fingerprint density at radius 1 is 1.08 bits per heavy atom. The molecule has 4 heterocycles. The van der Waals surface area contributed by atoms with E-state index < -0.39 is 0 Å². The van der Waals surface area contributed by atoms with Crippen LogP contribution in [-0.2, 0) is 6.54 Å². The topological polar surface area (TPSA) is 67.2 Å². The van der Waals surface area contributed by atoms with Gasteiger partial charge < -0.3 is 14.4 Å². The minimum Gasteiger partial charge on any atom is -0.352 e. The van der Waals surface area contributed by atoms with Gasteiger partial charge in [-0.25, -0.2) is 15.0 Å². The quantitative estimate of drug-likeness (QED) is 0.714. The van der Waals surface area contributed by atoms with E-state index in [1.165, 1.54) is 4.88 Å². The molecule has 0 aliphatic carbocycles. The van der Waals surface area contributed by atoms with E-state index in [2.05, 4.69) is 37.7 Å². The number of rotatable bonds is 3. The Balaban J connectivity index is 1.56. The van der Waals surface area contributed by atoms with E-state index in [4.69, 9.17) is 0 Å². The number of hydrogen-bond acceptors (Lipinski definition) is 7. The summed E-state index contributed by atoms with van der Waals surface area (Å²) in [4.78, 5) is 32.3. The summed E-state index contributed by atoms with van der Waals surface area (Å²) in [6.07, 6.45) is 5.08. The molecule has 1 fully saturated rings. The summed E-state index contributed by atoms with van der Waals surface area (Å²) in [5.74, 6) is 1.53. The molecule has 0 unspecified atom stereocenters. The standard InChI is InChI=1S/C17H20N6OS/c1-3-21-5-4-18-15(17(21)24)23-8-6-22(7-9-23)14-13-10-12(2)25-16(13)20-11-19-14/h4-5,10-11H,3,6-9H2,1-2H3. The van der Waals surface area contributed by atoms with Gasteiger partial charge in [0.05, 0.1) is 5.39 Å². The predicted molar refractivity (Wildman–Crippen MR) is 101 cm³/mol. The fourth-order valence-electron chi connectivity index (χ4n) is 3.25. The largest absolute Gasteiger partial charge is 0.352 e. The Morgan fingerprint density at radius 3 is 2.52 bits per heavy atom. The second-order valence-electron chi connectivity index (χ2n) is 6.09. The minimum absolute atomic E-state index is 0.0173. The minimum atomic E-state index is -0.0173. The maximum absolute atomic E-state index is 12.5. The summed E-state index contributed by atoms with van der Waals surface area (Å²) in [6.45, 7) is 7.84. The summed E-state index contributed by atoms with van der Waals surface area (Å²) in [7, 11) is 0. The van der Waals surface area contributed by atoms with Crippen LogP contribution in [0.5, 0.6) is 0 Å². The molecule has 7 nitrogen and oxygen atoms in total. The van der Waals surface area contributed by atoms with Crippen LogP contribution in [0.3, 0.4) is 0 Å². The molecule has 0 amide bonds. The second kappa shape index (κ2) is 6.44. The zero-order chi connectivity index (χ0) is 17.4. The van der Waals surface area contributed by atoms with E-state index in [0.29, 0.717) is 12.4 Å². The van der Waals surface area contributed by atoms with Crippen molar-refractivity contribution in [3.63, 3.8) is 0 Å². The van der Waals surface area contributed by atoms with E-state index in [9.17, 15) is 4.79 Å². The molecule has 0 bridgehead atoms. The summed E-state index contributed by atoms with van der Waals surface area (Å²) in [6, 6.07) is 2.15. The lowest BCUT2D eigenvalue weighted by Crippen LogP contribution is -2.49. The molecule has 8 heteroatoms. The van der Waals surface area contributed by atoms with Crippen molar-refractivity contribution in [1.29, 1.82) is 0 Å². The third-order valence-corrected chi connectivity index (χ3v) is 5.51. The molecule has 0 spiro atoms. The lowest BCUT2D eigenvalue weighted by Gasteiger charge is -2.35. The van der Waals surface area contributed by atoms with Crippen molar-refractivity contribution in [2.45, 2.75) is 20.4 Å². The van der Waals surface area contributed by atoms with E-state index in [1.54, 1.807) is 34.6 Å². The highest BCUT2D eigenvalue weighted by Gasteiger charge is 2.23.